The Labute approximate surface area is 114 Å². The van der Waals surface area contributed by atoms with E-state index >= 15 is 0 Å². The van der Waals surface area contributed by atoms with Crippen molar-refractivity contribution in [3.05, 3.63) is 64.8 Å². The second-order valence-electron chi connectivity index (χ2n) is 3.77. The number of anilines is 1. The van der Waals surface area contributed by atoms with Crippen LogP contribution in [0.4, 0.5) is 15.8 Å². The van der Waals surface area contributed by atoms with Crippen molar-refractivity contribution in [1.82, 2.24) is 0 Å². The Morgan fingerprint density at radius 3 is 2.35 bits per heavy atom. The summed E-state index contributed by atoms with van der Waals surface area (Å²) in [6.45, 7) is 0. The van der Waals surface area contributed by atoms with E-state index in [-0.39, 0.29) is 16.3 Å². The molecular formula is C12H9FN4O2S. The first-order valence-electron chi connectivity index (χ1n) is 5.45. The van der Waals surface area contributed by atoms with E-state index < -0.39 is 15.8 Å². The molecule has 0 atom stereocenters. The number of hydrogen-bond donors (Lipinski definition) is 1. The summed E-state index contributed by atoms with van der Waals surface area (Å²) in [7, 11) is -3.89. The van der Waals surface area contributed by atoms with Gasteiger partial charge in [-0.1, -0.05) is 29.4 Å². The van der Waals surface area contributed by atoms with Gasteiger partial charge in [0.2, 0.25) is 0 Å². The van der Waals surface area contributed by atoms with Crippen LogP contribution >= 0.6 is 0 Å². The van der Waals surface area contributed by atoms with Crippen LogP contribution in [-0.4, -0.2) is 8.42 Å². The van der Waals surface area contributed by atoms with Crippen molar-refractivity contribution in [1.29, 1.82) is 0 Å². The van der Waals surface area contributed by atoms with E-state index in [1.165, 1.54) is 42.5 Å². The van der Waals surface area contributed by atoms with Crippen molar-refractivity contribution in [3.8, 4) is 0 Å². The molecule has 0 saturated heterocycles. The molecule has 20 heavy (non-hydrogen) atoms. The van der Waals surface area contributed by atoms with Gasteiger partial charge in [-0.15, -0.1) is 0 Å². The van der Waals surface area contributed by atoms with Crippen LogP contribution in [0.5, 0.6) is 0 Å². The van der Waals surface area contributed by atoms with Crippen LogP contribution in [0.3, 0.4) is 0 Å². The Kier molecular flexibility index (Phi) is 3.88. The zero-order chi connectivity index (χ0) is 14.6. The van der Waals surface area contributed by atoms with E-state index in [1.807, 2.05) is 0 Å². The van der Waals surface area contributed by atoms with Gasteiger partial charge in [-0.2, -0.15) is 0 Å². The number of azide groups is 1. The molecule has 0 aliphatic heterocycles. The van der Waals surface area contributed by atoms with Crippen LogP contribution in [0.25, 0.3) is 10.4 Å². The highest BCUT2D eigenvalue weighted by Crippen LogP contribution is 2.21. The Hall–Kier alpha value is -2.57. The summed E-state index contributed by atoms with van der Waals surface area (Å²) in [5.41, 5.74) is 8.42. The van der Waals surface area contributed by atoms with E-state index in [0.29, 0.717) is 0 Å². The summed E-state index contributed by atoms with van der Waals surface area (Å²) >= 11 is 0. The zero-order valence-corrected chi connectivity index (χ0v) is 10.9. The first-order chi connectivity index (χ1) is 9.53. The second-order valence-corrected chi connectivity index (χ2v) is 5.45. The normalized spacial score (nSPS) is 10.7. The van der Waals surface area contributed by atoms with Crippen molar-refractivity contribution < 1.29 is 12.8 Å². The van der Waals surface area contributed by atoms with Gasteiger partial charge in [-0.25, -0.2) is 12.8 Å². The molecule has 0 spiro atoms. The van der Waals surface area contributed by atoms with Crippen LogP contribution in [0, 0.1) is 5.82 Å². The van der Waals surface area contributed by atoms with Gasteiger partial charge in [-0.05, 0) is 29.8 Å². The third-order valence-corrected chi connectivity index (χ3v) is 3.81. The van der Waals surface area contributed by atoms with Gasteiger partial charge in [-0.3, -0.25) is 4.72 Å². The summed E-state index contributed by atoms with van der Waals surface area (Å²) in [5, 5.41) is 3.33. The Balaban J connectivity index is 2.31. The number of rotatable bonds is 4. The molecule has 2 aromatic carbocycles. The standard InChI is InChI=1S/C12H9FN4O2S/c13-11-3-1-2-4-12(11)16-20(18,19)10-7-5-9(6-8-10)15-17-14/h1-8,16H. The molecule has 2 rings (SSSR count). The first-order valence-corrected chi connectivity index (χ1v) is 6.94. The summed E-state index contributed by atoms with van der Waals surface area (Å²) < 4.78 is 39.6. The lowest BCUT2D eigenvalue weighted by atomic mass is 10.3. The van der Waals surface area contributed by atoms with Crippen LogP contribution in [0.2, 0.25) is 0 Å². The third kappa shape index (κ3) is 3.05. The maximum Gasteiger partial charge on any atom is 0.261 e. The fourth-order valence-corrected chi connectivity index (χ4v) is 2.56. The molecule has 0 bridgehead atoms. The van der Waals surface area contributed by atoms with Gasteiger partial charge in [0.25, 0.3) is 10.0 Å². The summed E-state index contributed by atoms with van der Waals surface area (Å²) in [4.78, 5) is 2.53. The number of sulfonamides is 1. The number of nitrogens with one attached hydrogen (secondary N) is 1. The van der Waals surface area contributed by atoms with E-state index in [2.05, 4.69) is 14.7 Å². The molecular weight excluding hydrogens is 283 g/mol. The number of benzene rings is 2. The van der Waals surface area contributed by atoms with E-state index in [4.69, 9.17) is 5.53 Å². The summed E-state index contributed by atoms with van der Waals surface area (Å²) in [6, 6.07) is 10.7. The number of hydrogen-bond acceptors (Lipinski definition) is 3. The SMILES string of the molecule is [N-]=[N+]=Nc1ccc(S(=O)(=O)Nc2ccccc2F)cc1. The van der Waals surface area contributed by atoms with Gasteiger partial charge in [0, 0.05) is 10.6 Å². The molecule has 0 aliphatic carbocycles. The minimum absolute atomic E-state index is 0.0577. The molecule has 6 nitrogen and oxygen atoms in total. The molecule has 0 aromatic heterocycles. The molecule has 0 fully saturated rings. The minimum Gasteiger partial charge on any atom is -0.277 e. The molecule has 0 radical (unpaired) electrons. The number of nitrogens with zero attached hydrogens (tertiary/aromatic N) is 3. The van der Waals surface area contributed by atoms with Gasteiger partial charge in [0.15, 0.2) is 0 Å². The minimum atomic E-state index is -3.89. The molecule has 1 N–H and O–H groups in total. The lowest BCUT2D eigenvalue weighted by Gasteiger charge is -2.08. The summed E-state index contributed by atoms with van der Waals surface area (Å²) in [5.74, 6) is -0.665. The van der Waals surface area contributed by atoms with Crippen LogP contribution < -0.4 is 4.72 Å². The lowest BCUT2D eigenvalue weighted by molar-refractivity contribution is 0.598. The maximum atomic E-state index is 13.4. The topological polar surface area (TPSA) is 94.9 Å². The molecule has 0 saturated carbocycles. The van der Waals surface area contributed by atoms with Crippen LogP contribution in [0.15, 0.2) is 58.5 Å². The molecule has 0 amide bonds. The third-order valence-electron chi connectivity index (χ3n) is 2.43. The molecule has 0 aliphatic rings. The predicted molar refractivity (Wildman–Crippen MR) is 72.5 cm³/mol. The molecule has 2 aromatic rings. The highest BCUT2D eigenvalue weighted by Gasteiger charge is 2.15. The fraction of sp³-hybridized carbons (Fsp3) is 0. The fourth-order valence-electron chi connectivity index (χ4n) is 1.49. The van der Waals surface area contributed by atoms with Gasteiger partial charge < -0.3 is 0 Å². The Morgan fingerprint density at radius 2 is 1.75 bits per heavy atom. The number of para-hydroxylation sites is 1. The first kappa shape index (κ1) is 13.9. The second kappa shape index (κ2) is 5.60. The van der Waals surface area contributed by atoms with Gasteiger partial charge >= 0.3 is 0 Å². The van der Waals surface area contributed by atoms with Crippen molar-refractivity contribution in [3.63, 3.8) is 0 Å². The number of halogens is 1. The quantitative estimate of drug-likeness (QED) is 0.529. The van der Waals surface area contributed by atoms with E-state index in [0.717, 1.165) is 6.07 Å². The molecule has 8 heteroatoms. The molecule has 102 valence electrons. The van der Waals surface area contributed by atoms with Crippen molar-refractivity contribution in [2.24, 2.45) is 5.11 Å². The lowest BCUT2D eigenvalue weighted by Crippen LogP contribution is -2.13. The highest BCUT2D eigenvalue weighted by molar-refractivity contribution is 7.92. The van der Waals surface area contributed by atoms with Crippen molar-refractivity contribution in [2.45, 2.75) is 4.90 Å². The maximum absolute atomic E-state index is 13.4. The average molecular weight is 292 g/mol. The predicted octanol–water partition coefficient (Wildman–Crippen LogP) is 3.57. The Morgan fingerprint density at radius 1 is 1.10 bits per heavy atom. The molecule has 0 unspecified atom stereocenters. The summed E-state index contributed by atoms with van der Waals surface area (Å²) in [6.07, 6.45) is 0. The van der Waals surface area contributed by atoms with E-state index in [1.54, 1.807) is 0 Å². The average Bonchev–Trinajstić information content (AvgIpc) is 2.42. The monoisotopic (exact) mass is 292 g/mol. The van der Waals surface area contributed by atoms with Crippen LogP contribution in [0.1, 0.15) is 0 Å². The van der Waals surface area contributed by atoms with Crippen molar-refractivity contribution in [2.75, 3.05) is 4.72 Å². The zero-order valence-electron chi connectivity index (χ0n) is 10.1. The van der Waals surface area contributed by atoms with E-state index in [9.17, 15) is 12.8 Å². The van der Waals surface area contributed by atoms with Crippen LogP contribution in [-0.2, 0) is 10.0 Å². The Bertz CT molecular complexity index is 768. The largest absolute Gasteiger partial charge is 0.277 e. The highest BCUT2D eigenvalue weighted by atomic mass is 32.2. The van der Waals surface area contributed by atoms with Gasteiger partial charge in [0.05, 0.1) is 10.6 Å². The molecule has 0 heterocycles. The smallest absolute Gasteiger partial charge is 0.261 e. The van der Waals surface area contributed by atoms with Crippen molar-refractivity contribution >= 4 is 21.4 Å². The van der Waals surface area contributed by atoms with Gasteiger partial charge in [0.1, 0.15) is 5.82 Å².